The minimum Gasteiger partial charge on any atom is -0.364 e. The summed E-state index contributed by atoms with van der Waals surface area (Å²) in [7, 11) is 0. The smallest absolute Gasteiger partial charge is 0.124 e. The van der Waals surface area contributed by atoms with Gasteiger partial charge in [0.2, 0.25) is 0 Å². The molecule has 0 radical (unpaired) electrons. The summed E-state index contributed by atoms with van der Waals surface area (Å²) in [6.45, 7) is 2.11. The van der Waals surface area contributed by atoms with Gasteiger partial charge in [-0.2, -0.15) is 11.8 Å². The van der Waals surface area contributed by atoms with Crippen LogP contribution in [0.15, 0.2) is 16.9 Å². The normalized spacial score (nSPS) is 20.4. The van der Waals surface area contributed by atoms with Crippen LogP contribution in [0.4, 0.5) is 0 Å². The summed E-state index contributed by atoms with van der Waals surface area (Å²) >= 11 is 1.98. The molecule has 12 heavy (non-hydrogen) atoms. The molecular weight excluding hydrogens is 172 g/mol. The lowest BCUT2D eigenvalue weighted by atomic mass is 10.2. The molecule has 2 heterocycles. The van der Waals surface area contributed by atoms with Crippen LogP contribution in [0.25, 0.3) is 0 Å². The molecule has 1 aliphatic rings. The van der Waals surface area contributed by atoms with Crippen molar-refractivity contribution in [1.29, 1.82) is 0 Å². The average molecular weight is 184 g/mol. The number of nitrogens with one attached hydrogen (secondary N) is 1. The third kappa shape index (κ3) is 1.64. The van der Waals surface area contributed by atoms with Crippen LogP contribution in [-0.4, -0.2) is 22.7 Å². The van der Waals surface area contributed by atoms with Crippen molar-refractivity contribution in [2.45, 2.75) is 19.0 Å². The van der Waals surface area contributed by atoms with E-state index in [1.54, 1.807) is 6.26 Å². The maximum Gasteiger partial charge on any atom is 0.124 e. The van der Waals surface area contributed by atoms with Crippen LogP contribution in [-0.2, 0) is 0 Å². The third-order valence-corrected chi connectivity index (χ3v) is 3.30. The first-order valence-corrected chi connectivity index (χ1v) is 5.26. The highest BCUT2D eigenvalue weighted by Crippen LogP contribution is 2.20. The Hall–Kier alpha value is -0.480. The maximum atomic E-state index is 4.77. The molecule has 1 aliphatic heterocycles. The summed E-state index contributed by atoms with van der Waals surface area (Å²) in [6, 6.07) is 2.89. The number of thioether (sulfide) groups is 1. The monoisotopic (exact) mass is 184 g/mol. The molecule has 1 fully saturated rings. The molecule has 0 aromatic carbocycles. The predicted octanol–water partition coefficient (Wildman–Crippen LogP) is 1.44. The molecular formula is C8H12N2OS. The van der Waals surface area contributed by atoms with Crippen molar-refractivity contribution in [1.82, 2.24) is 10.5 Å². The molecule has 2 rings (SSSR count). The molecule has 3 nitrogen and oxygen atoms in total. The lowest BCUT2D eigenvalue weighted by Gasteiger charge is -2.28. The molecule has 0 aliphatic carbocycles. The summed E-state index contributed by atoms with van der Waals surface area (Å²) in [4.78, 5) is 0. The van der Waals surface area contributed by atoms with Gasteiger partial charge < -0.3 is 9.84 Å². The van der Waals surface area contributed by atoms with Crippen molar-refractivity contribution in [3.8, 4) is 0 Å². The van der Waals surface area contributed by atoms with E-state index in [-0.39, 0.29) is 0 Å². The largest absolute Gasteiger partial charge is 0.364 e. The van der Waals surface area contributed by atoms with E-state index >= 15 is 0 Å². The van der Waals surface area contributed by atoms with E-state index in [0.717, 1.165) is 5.69 Å². The van der Waals surface area contributed by atoms with Crippen LogP contribution in [0.1, 0.15) is 18.7 Å². The van der Waals surface area contributed by atoms with Crippen molar-refractivity contribution in [3.05, 3.63) is 18.0 Å². The molecule has 66 valence electrons. The number of nitrogens with zero attached hydrogens (tertiary/aromatic N) is 1. The van der Waals surface area contributed by atoms with Crippen LogP contribution in [0.5, 0.6) is 0 Å². The molecule has 0 saturated carbocycles. The maximum absolute atomic E-state index is 4.77. The summed E-state index contributed by atoms with van der Waals surface area (Å²) in [5.41, 5.74) is 0.993. The van der Waals surface area contributed by atoms with Gasteiger partial charge in [-0.15, -0.1) is 0 Å². The standard InChI is InChI=1S/C8H12N2OS/c1-6(8-2-3-11-10-8)9-7-4-12-5-7/h2-3,6-7,9H,4-5H2,1H3. The molecule has 1 aromatic rings. The topological polar surface area (TPSA) is 38.1 Å². The summed E-state index contributed by atoms with van der Waals surface area (Å²) < 4.78 is 4.77. The summed E-state index contributed by atoms with van der Waals surface area (Å²) in [5.74, 6) is 2.45. The van der Waals surface area contributed by atoms with Gasteiger partial charge in [-0.05, 0) is 6.92 Å². The number of hydrogen-bond donors (Lipinski definition) is 1. The van der Waals surface area contributed by atoms with Gasteiger partial charge in [0.25, 0.3) is 0 Å². The average Bonchev–Trinajstić information content (AvgIpc) is 2.47. The summed E-state index contributed by atoms with van der Waals surface area (Å²) in [6.07, 6.45) is 1.61. The van der Waals surface area contributed by atoms with E-state index in [1.165, 1.54) is 11.5 Å². The van der Waals surface area contributed by atoms with Crippen LogP contribution >= 0.6 is 11.8 Å². The SMILES string of the molecule is CC(NC1CSC1)c1ccon1. The van der Waals surface area contributed by atoms with Crippen LogP contribution < -0.4 is 5.32 Å². The van der Waals surface area contributed by atoms with Gasteiger partial charge in [0.15, 0.2) is 0 Å². The number of aromatic nitrogens is 1. The lowest BCUT2D eigenvalue weighted by molar-refractivity contribution is 0.393. The zero-order valence-electron chi connectivity index (χ0n) is 6.99. The fourth-order valence-corrected chi connectivity index (χ4v) is 1.88. The minimum atomic E-state index is 0.314. The fraction of sp³-hybridized carbons (Fsp3) is 0.625. The summed E-state index contributed by atoms with van der Waals surface area (Å²) in [5, 5.41) is 7.36. The van der Waals surface area contributed by atoms with E-state index in [1.807, 2.05) is 17.8 Å². The van der Waals surface area contributed by atoms with E-state index < -0.39 is 0 Å². The van der Waals surface area contributed by atoms with E-state index in [2.05, 4.69) is 17.4 Å². The molecule has 0 spiro atoms. The van der Waals surface area contributed by atoms with Crippen LogP contribution in [0.2, 0.25) is 0 Å². The molecule has 1 atom stereocenters. The van der Waals surface area contributed by atoms with Gasteiger partial charge in [-0.25, -0.2) is 0 Å². The van der Waals surface area contributed by atoms with Crippen molar-refractivity contribution in [2.24, 2.45) is 0 Å². The Kier molecular flexibility index (Phi) is 2.37. The molecule has 1 N–H and O–H groups in total. The second kappa shape index (κ2) is 3.49. The van der Waals surface area contributed by atoms with Crippen molar-refractivity contribution >= 4 is 11.8 Å². The molecule has 1 aromatic heterocycles. The first-order valence-electron chi connectivity index (χ1n) is 4.10. The van der Waals surface area contributed by atoms with Crippen molar-refractivity contribution in [3.63, 3.8) is 0 Å². The Bertz CT molecular complexity index is 233. The lowest BCUT2D eigenvalue weighted by Crippen LogP contribution is -2.41. The highest BCUT2D eigenvalue weighted by atomic mass is 32.2. The zero-order chi connectivity index (χ0) is 8.39. The Morgan fingerprint density at radius 1 is 1.75 bits per heavy atom. The van der Waals surface area contributed by atoms with Gasteiger partial charge in [0.05, 0.1) is 6.04 Å². The third-order valence-electron chi connectivity index (χ3n) is 2.03. The van der Waals surface area contributed by atoms with Crippen LogP contribution in [0, 0.1) is 0 Å². The first kappa shape index (κ1) is 8.13. The van der Waals surface area contributed by atoms with E-state index in [0.29, 0.717) is 12.1 Å². The van der Waals surface area contributed by atoms with Crippen molar-refractivity contribution < 1.29 is 4.52 Å². The van der Waals surface area contributed by atoms with Crippen LogP contribution in [0.3, 0.4) is 0 Å². The molecule has 1 unspecified atom stereocenters. The first-order chi connectivity index (χ1) is 5.86. The van der Waals surface area contributed by atoms with E-state index in [9.17, 15) is 0 Å². The molecule has 0 bridgehead atoms. The van der Waals surface area contributed by atoms with Gasteiger partial charge in [0, 0.05) is 23.6 Å². The van der Waals surface area contributed by atoms with Crippen molar-refractivity contribution in [2.75, 3.05) is 11.5 Å². The highest BCUT2D eigenvalue weighted by molar-refractivity contribution is 8.00. The number of hydrogen-bond acceptors (Lipinski definition) is 4. The Morgan fingerprint density at radius 2 is 2.58 bits per heavy atom. The quantitative estimate of drug-likeness (QED) is 0.771. The molecule has 0 amide bonds. The second-order valence-electron chi connectivity index (χ2n) is 3.05. The van der Waals surface area contributed by atoms with Gasteiger partial charge in [-0.1, -0.05) is 5.16 Å². The Labute approximate surface area is 75.9 Å². The fourth-order valence-electron chi connectivity index (χ4n) is 1.22. The molecule has 1 saturated heterocycles. The second-order valence-corrected chi connectivity index (χ2v) is 4.12. The minimum absolute atomic E-state index is 0.314. The highest BCUT2D eigenvalue weighted by Gasteiger charge is 2.21. The Balaban J connectivity index is 1.87. The van der Waals surface area contributed by atoms with Gasteiger partial charge >= 0.3 is 0 Å². The van der Waals surface area contributed by atoms with Gasteiger partial charge in [-0.3, -0.25) is 0 Å². The Morgan fingerprint density at radius 3 is 3.08 bits per heavy atom. The van der Waals surface area contributed by atoms with E-state index in [4.69, 9.17) is 4.52 Å². The molecule has 4 heteroatoms. The zero-order valence-corrected chi connectivity index (χ0v) is 7.80. The van der Waals surface area contributed by atoms with Gasteiger partial charge in [0.1, 0.15) is 12.0 Å². The predicted molar refractivity (Wildman–Crippen MR) is 49.2 cm³/mol. The number of rotatable bonds is 3.